The first-order valence-corrected chi connectivity index (χ1v) is 8.26. The summed E-state index contributed by atoms with van der Waals surface area (Å²) >= 11 is 0. The van der Waals surface area contributed by atoms with E-state index in [-0.39, 0.29) is 6.10 Å². The van der Waals surface area contributed by atoms with Gasteiger partial charge in [0.05, 0.1) is 25.4 Å². The van der Waals surface area contributed by atoms with E-state index < -0.39 is 6.10 Å². The largest absolute Gasteiger partial charge is 0.374 e. The van der Waals surface area contributed by atoms with Crippen molar-refractivity contribution < 1.29 is 9.47 Å². The predicted molar refractivity (Wildman–Crippen MR) is 92.1 cm³/mol. The third kappa shape index (κ3) is 4.90. The topological polar surface area (TPSA) is 45.5 Å². The Labute approximate surface area is 143 Å². The van der Waals surface area contributed by atoms with Gasteiger partial charge in [-0.05, 0) is 11.1 Å². The standard InChI is InChI=1S/C20H22N2O2/c21-11-19-13-22(12-17-7-3-1-4-8-17)14-20(24-19)16-23-15-18-9-5-2-6-10-18/h1-10,19-20H,12-16H2/t19-,20-/m0/s1. The van der Waals surface area contributed by atoms with Crippen molar-refractivity contribution in [1.29, 1.82) is 5.26 Å². The van der Waals surface area contributed by atoms with Crippen LogP contribution in [-0.4, -0.2) is 36.8 Å². The quantitative estimate of drug-likeness (QED) is 0.820. The molecule has 0 saturated carbocycles. The molecule has 3 rings (SSSR count). The second-order valence-corrected chi connectivity index (χ2v) is 6.06. The van der Waals surface area contributed by atoms with E-state index in [0.29, 0.717) is 19.8 Å². The van der Waals surface area contributed by atoms with Gasteiger partial charge in [0.1, 0.15) is 0 Å². The Morgan fingerprint density at radius 2 is 1.67 bits per heavy atom. The van der Waals surface area contributed by atoms with Crippen LogP contribution in [0.2, 0.25) is 0 Å². The molecular formula is C20H22N2O2. The molecular weight excluding hydrogens is 300 g/mol. The predicted octanol–water partition coefficient (Wildman–Crippen LogP) is 3.00. The maximum absolute atomic E-state index is 9.25. The summed E-state index contributed by atoms with van der Waals surface area (Å²) in [5.74, 6) is 0. The fourth-order valence-corrected chi connectivity index (χ4v) is 2.93. The highest BCUT2D eigenvalue weighted by Gasteiger charge is 2.27. The van der Waals surface area contributed by atoms with Gasteiger partial charge in [-0.3, -0.25) is 4.90 Å². The van der Waals surface area contributed by atoms with Gasteiger partial charge in [0.25, 0.3) is 0 Å². The molecule has 1 fully saturated rings. The summed E-state index contributed by atoms with van der Waals surface area (Å²) < 4.78 is 11.6. The van der Waals surface area contributed by atoms with Gasteiger partial charge in [-0.25, -0.2) is 0 Å². The molecule has 1 heterocycles. The Bertz CT molecular complexity index is 654. The van der Waals surface area contributed by atoms with Gasteiger partial charge in [-0.15, -0.1) is 0 Å². The van der Waals surface area contributed by atoms with Crippen LogP contribution in [0, 0.1) is 11.3 Å². The molecule has 1 saturated heterocycles. The first kappa shape index (κ1) is 16.7. The summed E-state index contributed by atoms with van der Waals surface area (Å²) in [7, 11) is 0. The van der Waals surface area contributed by atoms with E-state index in [2.05, 4.69) is 23.1 Å². The number of nitriles is 1. The number of ether oxygens (including phenoxy) is 2. The number of morpholine rings is 1. The molecule has 4 heteroatoms. The first-order chi connectivity index (χ1) is 11.8. The zero-order valence-electron chi connectivity index (χ0n) is 13.7. The minimum absolute atomic E-state index is 0.0733. The minimum atomic E-state index is -0.396. The van der Waals surface area contributed by atoms with Gasteiger partial charge in [-0.1, -0.05) is 60.7 Å². The fourth-order valence-electron chi connectivity index (χ4n) is 2.93. The Hall–Kier alpha value is -2.19. The molecule has 0 amide bonds. The molecule has 0 spiro atoms. The maximum Gasteiger partial charge on any atom is 0.157 e. The van der Waals surface area contributed by atoms with E-state index in [0.717, 1.165) is 18.7 Å². The van der Waals surface area contributed by atoms with Crippen molar-refractivity contribution in [3.63, 3.8) is 0 Å². The van der Waals surface area contributed by atoms with Crippen LogP contribution in [0.15, 0.2) is 60.7 Å². The van der Waals surface area contributed by atoms with Crippen molar-refractivity contribution in [2.45, 2.75) is 25.4 Å². The number of benzene rings is 2. The highest BCUT2D eigenvalue weighted by atomic mass is 16.5. The van der Waals surface area contributed by atoms with Crippen LogP contribution < -0.4 is 0 Å². The Morgan fingerprint density at radius 3 is 2.33 bits per heavy atom. The zero-order valence-corrected chi connectivity index (χ0v) is 13.7. The van der Waals surface area contributed by atoms with Gasteiger partial charge in [0, 0.05) is 19.6 Å². The van der Waals surface area contributed by atoms with Crippen LogP contribution in [0.1, 0.15) is 11.1 Å². The van der Waals surface area contributed by atoms with Crippen LogP contribution in [0.3, 0.4) is 0 Å². The van der Waals surface area contributed by atoms with Gasteiger partial charge >= 0.3 is 0 Å². The molecule has 0 radical (unpaired) electrons. The highest BCUT2D eigenvalue weighted by molar-refractivity contribution is 5.15. The van der Waals surface area contributed by atoms with E-state index in [9.17, 15) is 5.26 Å². The summed E-state index contributed by atoms with van der Waals surface area (Å²) in [6.45, 7) is 3.31. The van der Waals surface area contributed by atoms with Crippen molar-refractivity contribution in [2.75, 3.05) is 19.7 Å². The van der Waals surface area contributed by atoms with E-state index in [1.165, 1.54) is 5.56 Å². The van der Waals surface area contributed by atoms with Crippen LogP contribution in [0.4, 0.5) is 0 Å². The second-order valence-electron chi connectivity index (χ2n) is 6.06. The van der Waals surface area contributed by atoms with Gasteiger partial charge in [0.2, 0.25) is 0 Å². The molecule has 0 aromatic heterocycles. The zero-order chi connectivity index (χ0) is 16.6. The smallest absolute Gasteiger partial charge is 0.157 e. The average molecular weight is 322 g/mol. The lowest BCUT2D eigenvalue weighted by Gasteiger charge is -2.35. The van der Waals surface area contributed by atoms with E-state index >= 15 is 0 Å². The maximum atomic E-state index is 9.25. The van der Waals surface area contributed by atoms with Crippen molar-refractivity contribution >= 4 is 0 Å². The Morgan fingerprint density at radius 1 is 1.00 bits per heavy atom. The van der Waals surface area contributed by atoms with E-state index in [4.69, 9.17) is 9.47 Å². The normalized spacial score (nSPS) is 21.3. The highest BCUT2D eigenvalue weighted by Crippen LogP contribution is 2.15. The van der Waals surface area contributed by atoms with Gasteiger partial charge in [-0.2, -0.15) is 5.26 Å². The molecule has 1 aliphatic rings. The lowest BCUT2D eigenvalue weighted by atomic mass is 10.1. The number of rotatable bonds is 6. The molecule has 0 N–H and O–H groups in total. The molecule has 124 valence electrons. The van der Waals surface area contributed by atoms with Crippen molar-refractivity contribution in [3.05, 3.63) is 71.8 Å². The first-order valence-electron chi connectivity index (χ1n) is 8.26. The van der Waals surface area contributed by atoms with Crippen molar-refractivity contribution in [3.8, 4) is 6.07 Å². The summed E-state index contributed by atoms with van der Waals surface area (Å²) in [5.41, 5.74) is 2.39. The van der Waals surface area contributed by atoms with Crippen LogP contribution in [-0.2, 0) is 22.6 Å². The molecule has 2 aromatic rings. The number of hydrogen-bond acceptors (Lipinski definition) is 4. The molecule has 0 aliphatic carbocycles. The van der Waals surface area contributed by atoms with E-state index in [1.807, 2.05) is 48.5 Å². The van der Waals surface area contributed by atoms with Crippen LogP contribution in [0.25, 0.3) is 0 Å². The monoisotopic (exact) mass is 322 g/mol. The third-order valence-electron chi connectivity index (χ3n) is 4.05. The van der Waals surface area contributed by atoms with Gasteiger partial charge < -0.3 is 9.47 Å². The number of nitrogens with zero attached hydrogens (tertiary/aromatic N) is 2. The van der Waals surface area contributed by atoms with Crippen molar-refractivity contribution in [2.24, 2.45) is 0 Å². The second kappa shape index (κ2) is 8.60. The SMILES string of the molecule is N#C[C@H]1CN(Cc2ccccc2)C[C@@H](COCc2ccccc2)O1. The molecule has 0 unspecified atom stereocenters. The average Bonchev–Trinajstić information content (AvgIpc) is 2.63. The minimum Gasteiger partial charge on any atom is -0.374 e. The lowest BCUT2D eigenvalue weighted by Crippen LogP contribution is -2.48. The summed E-state index contributed by atoms with van der Waals surface area (Å²) in [6.07, 6.45) is -0.469. The summed E-state index contributed by atoms with van der Waals surface area (Å²) in [4.78, 5) is 2.27. The molecule has 0 bridgehead atoms. The Kier molecular flexibility index (Phi) is 5.97. The molecule has 2 aromatic carbocycles. The van der Waals surface area contributed by atoms with E-state index in [1.54, 1.807) is 0 Å². The molecule has 24 heavy (non-hydrogen) atoms. The number of hydrogen-bond donors (Lipinski definition) is 0. The lowest BCUT2D eigenvalue weighted by molar-refractivity contribution is -0.0982. The van der Waals surface area contributed by atoms with Crippen LogP contribution in [0.5, 0.6) is 0 Å². The van der Waals surface area contributed by atoms with Crippen molar-refractivity contribution in [1.82, 2.24) is 4.90 Å². The summed E-state index contributed by atoms with van der Waals surface area (Å²) in [5, 5.41) is 9.25. The molecule has 1 aliphatic heterocycles. The summed E-state index contributed by atoms with van der Waals surface area (Å²) in [6, 6.07) is 22.6. The van der Waals surface area contributed by atoms with Crippen LogP contribution >= 0.6 is 0 Å². The third-order valence-corrected chi connectivity index (χ3v) is 4.05. The molecule has 4 nitrogen and oxygen atoms in total. The molecule has 2 atom stereocenters. The van der Waals surface area contributed by atoms with Gasteiger partial charge in [0.15, 0.2) is 6.10 Å². The Balaban J connectivity index is 1.52. The fraction of sp³-hybridized carbons (Fsp3) is 0.350.